The third-order valence-corrected chi connectivity index (χ3v) is 5.27. The van der Waals surface area contributed by atoms with Crippen molar-refractivity contribution in [3.05, 3.63) is 28.5 Å². The molecule has 0 bridgehead atoms. The Kier molecular flexibility index (Phi) is 4.22. The summed E-state index contributed by atoms with van der Waals surface area (Å²) in [6, 6.07) is 3.03. The van der Waals surface area contributed by atoms with Gasteiger partial charge in [0, 0.05) is 23.5 Å². The number of sulfonamides is 1. The third-order valence-electron chi connectivity index (χ3n) is 2.77. The van der Waals surface area contributed by atoms with E-state index < -0.39 is 15.8 Å². The topological polar surface area (TPSA) is 75.3 Å². The van der Waals surface area contributed by atoms with Gasteiger partial charge in [0.25, 0.3) is 0 Å². The van der Waals surface area contributed by atoms with Gasteiger partial charge in [0.15, 0.2) is 0 Å². The molecular weight excluding hydrogens is 339 g/mol. The van der Waals surface area contributed by atoms with Crippen LogP contribution in [0.3, 0.4) is 0 Å². The average molecular weight is 351 g/mol. The van der Waals surface area contributed by atoms with E-state index in [1.165, 1.54) is 6.07 Å². The SMILES string of the molecule is O=C1CCC(NS(=O)(=O)c2ccc(F)cc2Br)CN1. The van der Waals surface area contributed by atoms with Crippen molar-refractivity contribution in [3.63, 3.8) is 0 Å². The summed E-state index contributed by atoms with van der Waals surface area (Å²) in [5.74, 6) is -0.603. The van der Waals surface area contributed by atoms with Gasteiger partial charge >= 0.3 is 0 Å². The van der Waals surface area contributed by atoms with E-state index in [-0.39, 0.29) is 34.3 Å². The minimum absolute atomic E-state index is 0.0224. The lowest BCUT2D eigenvalue weighted by molar-refractivity contribution is -0.122. The van der Waals surface area contributed by atoms with Crippen molar-refractivity contribution in [2.75, 3.05) is 6.54 Å². The van der Waals surface area contributed by atoms with Gasteiger partial charge in [0.1, 0.15) is 5.82 Å². The second kappa shape index (κ2) is 5.56. The molecule has 1 atom stereocenters. The number of nitrogens with one attached hydrogen (secondary N) is 2. The van der Waals surface area contributed by atoms with Crippen molar-refractivity contribution in [2.45, 2.75) is 23.8 Å². The summed E-state index contributed by atoms with van der Waals surface area (Å²) in [5.41, 5.74) is 0. The van der Waals surface area contributed by atoms with Crippen LogP contribution < -0.4 is 10.0 Å². The predicted octanol–water partition coefficient (Wildman–Crippen LogP) is 1.15. The lowest BCUT2D eigenvalue weighted by Gasteiger charge is -2.23. The van der Waals surface area contributed by atoms with E-state index in [1.807, 2.05) is 0 Å². The molecule has 1 aromatic carbocycles. The molecule has 19 heavy (non-hydrogen) atoms. The largest absolute Gasteiger partial charge is 0.355 e. The highest BCUT2D eigenvalue weighted by molar-refractivity contribution is 9.10. The number of rotatable bonds is 3. The lowest BCUT2D eigenvalue weighted by Crippen LogP contribution is -2.47. The summed E-state index contributed by atoms with van der Waals surface area (Å²) in [6.07, 6.45) is 0.738. The summed E-state index contributed by atoms with van der Waals surface area (Å²) in [6.45, 7) is 0.261. The second-order valence-corrected chi connectivity index (χ2v) is 6.77. The van der Waals surface area contributed by atoms with Crippen LogP contribution in [0.4, 0.5) is 4.39 Å². The Morgan fingerprint density at radius 3 is 2.74 bits per heavy atom. The first-order valence-corrected chi connectivity index (χ1v) is 7.90. The predicted molar refractivity (Wildman–Crippen MR) is 70.5 cm³/mol. The average Bonchev–Trinajstić information content (AvgIpc) is 2.31. The Bertz CT molecular complexity index is 596. The number of piperidine rings is 1. The van der Waals surface area contributed by atoms with E-state index in [0.29, 0.717) is 6.42 Å². The summed E-state index contributed by atoms with van der Waals surface area (Å²) >= 11 is 3.03. The molecule has 0 aromatic heterocycles. The normalized spacial score (nSPS) is 20.1. The molecule has 8 heteroatoms. The molecule has 1 fully saturated rings. The summed E-state index contributed by atoms with van der Waals surface area (Å²) in [7, 11) is -3.74. The Hall–Kier alpha value is -0.990. The van der Waals surface area contributed by atoms with Gasteiger partial charge in [-0.1, -0.05) is 0 Å². The molecule has 1 aliphatic rings. The molecule has 0 radical (unpaired) electrons. The molecule has 104 valence electrons. The molecule has 1 saturated heterocycles. The van der Waals surface area contributed by atoms with Gasteiger partial charge < -0.3 is 5.32 Å². The number of carbonyl (C=O) groups excluding carboxylic acids is 1. The zero-order valence-electron chi connectivity index (χ0n) is 9.82. The summed E-state index contributed by atoms with van der Waals surface area (Å²) < 4.78 is 39.9. The van der Waals surface area contributed by atoms with Crippen LogP contribution in [0.2, 0.25) is 0 Å². The van der Waals surface area contributed by atoms with Gasteiger partial charge in [-0.05, 0) is 40.5 Å². The highest BCUT2D eigenvalue weighted by Crippen LogP contribution is 2.23. The van der Waals surface area contributed by atoms with Gasteiger partial charge in [-0.2, -0.15) is 0 Å². The minimum Gasteiger partial charge on any atom is -0.355 e. The van der Waals surface area contributed by atoms with E-state index in [0.717, 1.165) is 12.1 Å². The highest BCUT2D eigenvalue weighted by Gasteiger charge is 2.25. The Morgan fingerprint density at radius 1 is 1.42 bits per heavy atom. The van der Waals surface area contributed by atoms with E-state index in [2.05, 4.69) is 26.0 Å². The maximum absolute atomic E-state index is 12.9. The summed E-state index contributed by atoms with van der Waals surface area (Å²) in [4.78, 5) is 11.0. The monoisotopic (exact) mass is 350 g/mol. The van der Waals surface area contributed by atoms with Crippen molar-refractivity contribution in [2.24, 2.45) is 0 Å². The fraction of sp³-hybridized carbons (Fsp3) is 0.364. The Labute approximate surface area is 118 Å². The van der Waals surface area contributed by atoms with Crippen molar-refractivity contribution >= 4 is 31.9 Å². The fourth-order valence-electron chi connectivity index (χ4n) is 1.81. The highest BCUT2D eigenvalue weighted by atomic mass is 79.9. The molecule has 0 spiro atoms. The minimum atomic E-state index is -3.74. The van der Waals surface area contributed by atoms with Crippen LogP contribution in [-0.2, 0) is 14.8 Å². The van der Waals surface area contributed by atoms with Crippen molar-refractivity contribution < 1.29 is 17.6 Å². The van der Waals surface area contributed by atoms with Crippen LogP contribution in [0, 0.1) is 5.82 Å². The lowest BCUT2D eigenvalue weighted by atomic mass is 10.1. The molecule has 2 N–H and O–H groups in total. The summed E-state index contributed by atoms with van der Waals surface area (Å²) in [5, 5.41) is 2.59. The number of amides is 1. The molecule has 0 saturated carbocycles. The van der Waals surface area contributed by atoms with Gasteiger partial charge in [-0.25, -0.2) is 17.5 Å². The maximum Gasteiger partial charge on any atom is 0.242 e. The molecule has 1 aromatic rings. The Morgan fingerprint density at radius 2 is 2.16 bits per heavy atom. The molecule has 1 amide bonds. The molecule has 1 heterocycles. The van der Waals surface area contributed by atoms with Gasteiger partial charge in [-0.3, -0.25) is 4.79 Å². The molecule has 1 aliphatic heterocycles. The van der Waals surface area contributed by atoms with E-state index in [9.17, 15) is 17.6 Å². The molecule has 5 nitrogen and oxygen atoms in total. The molecular formula is C11H12BrFN2O3S. The van der Waals surface area contributed by atoms with Crippen molar-refractivity contribution in [3.8, 4) is 0 Å². The smallest absolute Gasteiger partial charge is 0.242 e. The standard InChI is InChI=1S/C11H12BrFN2O3S/c12-9-5-7(13)1-3-10(9)19(17,18)15-8-2-4-11(16)14-6-8/h1,3,5,8,15H,2,4,6H2,(H,14,16). The first kappa shape index (κ1) is 14.4. The van der Waals surface area contributed by atoms with Crippen LogP contribution in [0.1, 0.15) is 12.8 Å². The van der Waals surface area contributed by atoms with Crippen LogP contribution in [0.15, 0.2) is 27.6 Å². The van der Waals surface area contributed by atoms with E-state index in [1.54, 1.807) is 0 Å². The van der Waals surface area contributed by atoms with Gasteiger partial charge in [0.2, 0.25) is 15.9 Å². The van der Waals surface area contributed by atoms with E-state index >= 15 is 0 Å². The second-order valence-electron chi connectivity index (χ2n) is 4.24. The number of hydrogen-bond acceptors (Lipinski definition) is 3. The van der Waals surface area contributed by atoms with E-state index in [4.69, 9.17) is 0 Å². The van der Waals surface area contributed by atoms with Gasteiger partial charge in [-0.15, -0.1) is 0 Å². The third kappa shape index (κ3) is 3.52. The first-order valence-electron chi connectivity index (χ1n) is 5.62. The Balaban J connectivity index is 2.16. The number of benzene rings is 1. The van der Waals surface area contributed by atoms with Crippen LogP contribution in [0.25, 0.3) is 0 Å². The van der Waals surface area contributed by atoms with Crippen LogP contribution in [-0.4, -0.2) is 26.9 Å². The molecule has 0 aliphatic carbocycles. The van der Waals surface area contributed by atoms with Crippen LogP contribution in [0.5, 0.6) is 0 Å². The van der Waals surface area contributed by atoms with Crippen LogP contribution >= 0.6 is 15.9 Å². The zero-order chi connectivity index (χ0) is 14.0. The maximum atomic E-state index is 12.9. The van der Waals surface area contributed by atoms with Gasteiger partial charge in [0.05, 0.1) is 4.90 Å². The molecule has 2 rings (SSSR count). The van der Waals surface area contributed by atoms with Crippen molar-refractivity contribution in [1.82, 2.24) is 10.0 Å². The first-order chi connectivity index (χ1) is 8.88. The van der Waals surface area contributed by atoms with Crippen molar-refractivity contribution in [1.29, 1.82) is 0 Å². The fourth-order valence-corrected chi connectivity index (χ4v) is 4.13. The number of hydrogen-bond donors (Lipinski definition) is 2. The quantitative estimate of drug-likeness (QED) is 0.858. The number of halogens is 2. The molecule has 1 unspecified atom stereocenters. The zero-order valence-corrected chi connectivity index (χ0v) is 12.2. The number of carbonyl (C=O) groups is 1.